The Morgan fingerprint density at radius 3 is 2.55 bits per heavy atom. The summed E-state index contributed by atoms with van der Waals surface area (Å²) < 4.78 is 8.32. The van der Waals surface area contributed by atoms with Crippen LogP contribution >= 0.6 is 0 Å². The molecule has 0 aromatic rings. The van der Waals surface area contributed by atoms with Crippen molar-refractivity contribution >= 4 is 18.4 Å². The molecule has 0 saturated heterocycles. The molecule has 0 rings (SSSR count). The van der Waals surface area contributed by atoms with E-state index in [2.05, 4.69) is 9.47 Å². The van der Waals surface area contributed by atoms with Crippen LogP contribution in [0.4, 0.5) is 0 Å². The molecule has 5 heteroatoms. The first-order chi connectivity index (χ1) is 5.16. The summed E-state index contributed by atoms with van der Waals surface area (Å²) in [7, 11) is 0. The van der Waals surface area contributed by atoms with Gasteiger partial charge in [0, 0.05) is 6.92 Å². The molecule has 0 unspecified atom stereocenters. The molecule has 0 saturated carbocycles. The Hall–Kier alpha value is -1.39. The van der Waals surface area contributed by atoms with Crippen LogP contribution in [0.3, 0.4) is 0 Å². The van der Waals surface area contributed by atoms with Gasteiger partial charge in [0.2, 0.25) is 0 Å². The molecule has 0 radical (unpaired) electrons. The Balaban J connectivity index is 3.37. The van der Waals surface area contributed by atoms with Crippen LogP contribution in [0.2, 0.25) is 0 Å². The molecule has 11 heavy (non-hydrogen) atoms. The fourth-order valence-electron chi connectivity index (χ4n) is 0.402. The Morgan fingerprint density at radius 2 is 2.09 bits per heavy atom. The molecule has 0 amide bonds. The maximum absolute atomic E-state index is 10.5. The average Bonchev–Trinajstić information content (AvgIpc) is 1.86. The van der Waals surface area contributed by atoms with Crippen LogP contribution < -0.4 is 0 Å². The minimum Gasteiger partial charge on any atom is -0.467 e. The first-order valence-corrected chi connectivity index (χ1v) is 2.93. The highest BCUT2D eigenvalue weighted by atomic mass is 16.6. The summed E-state index contributed by atoms with van der Waals surface area (Å²) in [6.07, 6.45) is -0.0989. The second kappa shape index (κ2) is 5.40. The van der Waals surface area contributed by atoms with Crippen LogP contribution in [0.5, 0.6) is 0 Å². The lowest BCUT2D eigenvalue weighted by atomic mass is 10.5. The third kappa shape index (κ3) is 6.50. The third-order valence-electron chi connectivity index (χ3n) is 0.750. The molecule has 0 spiro atoms. The van der Waals surface area contributed by atoms with Crippen molar-refractivity contribution in [2.24, 2.45) is 0 Å². The van der Waals surface area contributed by atoms with Gasteiger partial charge in [-0.05, 0) is 0 Å². The number of carbonyl (C=O) groups excluding carboxylic acids is 3. The van der Waals surface area contributed by atoms with Crippen molar-refractivity contribution in [3.8, 4) is 0 Å². The Morgan fingerprint density at radius 1 is 1.45 bits per heavy atom. The van der Waals surface area contributed by atoms with Gasteiger partial charge in [0.1, 0.15) is 6.61 Å². The van der Waals surface area contributed by atoms with E-state index < -0.39 is 11.9 Å². The first kappa shape index (κ1) is 9.61. The van der Waals surface area contributed by atoms with Crippen LogP contribution in [0.1, 0.15) is 13.3 Å². The monoisotopic (exact) mass is 160 g/mol. The summed E-state index contributed by atoms with van der Waals surface area (Å²) in [5.74, 6) is -1.36. The normalized spacial score (nSPS) is 8.45. The number of ether oxygens (including phenoxy) is 2. The zero-order valence-corrected chi connectivity index (χ0v) is 6.03. The number of hydrogen-bond acceptors (Lipinski definition) is 5. The predicted molar refractivity (Wildman–Crippen MR) is 33.4 cm³/mol. The summed E-state index contributed by atoms with van der Waals surface area (Å²) >= 11 is 0. The van der Waals surface area contributed by atoms with Gasteiger partial charge in [-0.2, -0.15) is 0 Å². The molecule has 0 bridgehead atoms. The van der Waals surface area contributed by atoms with Crippen LogP contribution in [0.25, 0.3) is 0 Å². The van der Waals surface area contributed by atoms with Crippen molar-refractivity contribution in [3.63, 3.8) is 0 Å². The van der Waals surface area contributed by atoms with Crippen molar-refractivity contribution in [3.05, 3.63) is 0 Å². The average molecular weight is 160 g/mol. The second-order valence-electron chi connectivity index (χ2n) is 1.68. The van der Waals surface area contributed by atoms with Gasteiger partial charge in [0.15, 0.2) is 0 Å². The molecule has 0 fully saturated rings. The zero-order valence-electron chi connectivity index (χ0n) is 6.03. The highest BCUT2D eigenvalue weighted by Crippen LogP contribution is 1.86. The van der Waals surface area contributed by atoms with Gasteiger partial charge < -0.3 is 9.47 Å². The molecule has 0 aliphatic heterocycles. The molecule has 5 nitrogen and oxygen atoms in total. The van der Waals surface area contributed by atoms with E-state index in [1.54, 1.807) is 0 Å². The van der Waals surface area contributed by atoms with Crippen molar-refractivity contribution in [1.82, 2.24) is 0 Å². The van der Waals surface area contributed by atoms with Gasteiger partial charge in [-0.25, -0.2) is 0 Å². The van der Waals surface area contributed by atoms with E-state index in [9.17, 15) is 14.4 Å². The van der Waals surface area contributed by atoms with E-state index in [1.165, 1.54) is 0 Å². The number of esters is 2. The minimum absolute atomic E-state index is 0.0599. The summed E-state index contributed by atoms with van der Waals surface area (Å²) in [6, 6.07) is 0. The van der Waals surface area contributed by atoms with Gasteiger partial charge in [-0.15, -0.1) is 0 Å². The fraction of sp³-hybridized carbons (Fsp3) is 0.500. The lowest BCUT2D eigenvalue weighted by molar-refractivity contribution is -0.158. The zero-order chi connectivity index (χ0) is 8.69. The number of carbonyl (C=O) groups is 3. The molecular weight excluding hydrogens is 152 g/mol. The summed E-state index contributed by atoms with van der Waals surface area (Å²) in [4.78, 5) is 30.2. The lowest BCUT2D eigenvalue weighted by Crippen LogP contribution is -2.11. The molecule has 0 atom stereocenters. The maximum atomic E-state index is 10.5. The number of hydrogen-bond donors (Lipinski definition) is 0. The van der Waals surface area contributed by atoms with E-state index in [4.69, 9.17) is 0 Å². The summed E-state index contributed by atoms with van der Waals surface area (Å²) in [6.45, 7) is 1.29. The van der Waals surface area contributed by atoms with Crippen LogP contribution in [0, 0.1) is 0 Å². The van der Waals surface area contributed by atoms with E-state index >= 15 is 0 Å². The van der Waals surface area contributed by atoms with E-state index in [0.717, 1.165) is 6.92 Å². The molecule has 0 aliphatic carbocycles. The lowest BCUT2D eigenvalue weighted by Gasteiger charge is -1.97. The highest BCUT2D eigenvalue weighted by Gasteiger charge is 2.04. The Labute approximate surface area is 63.3 Å². The molecule has 62 valence electrons. The summed E-state index contributed by atoms with van der Waals surface area (Å²) in [5.41, 5.74) is 0. The third-order valence-corrected chi connectivity index (χ3v) is 0.750. The molecule has 0 aromatic carbocycles. The highest BCUT2D eigenvalue weighted by molar-refractivity contribution is 5.84. The van der Waals surface area contributed by atoms with Gasteiger partial charge in [-0.1, -0.05) is 0 Å². The first-order valence-electron chi connectivity index (χ1n) is 2.93. The minimum atomic E-state index is -0.695. The SMILES string of the molecule is CC(=O)OC(=O)CCOC=O. The van der Waals surface area contributed by atoms with E-state index in [1.807, 2.05) is 0 Å². The van der Waals surface area contributed by atoms with Crippen molar-refractivity contribution in [2.45, 2.75) is 13.3 Å². The van der Waals surface area contributed by atoms with Crippen molar-refractivity contribution < 1.29 is 23.9 Å². The largest absolute Gasteiger partial charge is 0.467 e. The Bertz CT molecular complexity index is 162. The quantitative estimate of drug-likeness (QED) is 0.243. The Kier molecular flexibility index (Phi) is 4.72. The molecule has 0 aromatic heterocycles. The molecular formula is C6H8O5. The molecule has 0 heterocycles. The second-order valence-corrected chi connectivity index (χ2v) is 1.68. The summed E-state index contributed by atoms with van der Waals surface area (Å²) in [5, 5.41) is 0. The molecule has 0 N–H and O–H groups in total. The maximum Gasteiger partial charge on any atom is 0.316 e. The number of rotatable bonds is 4. The van der Waals surface area contributed by atoms with Crippen LogP contribution in [-0.4, -0.2) is 25.0 Å². The van der Waals surface area contributed by atoms with Gasteiger partial charge in [-0.3, -0.25) is 14.4 Å². The fourth-order valence-corrected chi connectivity index (χ4v) is 0.402. The van der Waals surface area contributed by atoms with Gasteiger partial charge in [0.25, 0.3) is 6.47 Å². The van der Waals surface area contributed by atoms with Crippen LogP contribution in [0.15, 0.2) is 0 Å². The van der Waals surface area contributed by atoms with Gasteiger partial charge in [0.05, 0.1) is 6.42 Å². The standard InChI is InChI=1S/C6H8O5/c1-5(8)11-6(9)2-3-10-4-7/h4H,2-3H2,1H3. The van der Waals surface area contributed by atoms with Crippen LogP contribution in [-0.2, 0) is 23.9 Å². The van der Waals surface area contributed by atoms with Gasteiger partial charge >= 0.3 is 11.9 Å². The topological polar surface area (TPSA) is 69.7 Å². The smallest absolute Gasteiger partial charge is 0.316 e. The molecule has 0 aliphatic rings. The van der Waals surface area contributed by atoms with E-state index in [0.29, 0.717) is 0 Å². The van der Waals surface area contributed by atoms with Crippen molar-refractivity contribution in [2.75, 3.05) is 6.61 Å². The van der Waals surface area contributed by atoms with E-state index in [-0.39, 0.29) is 19.5 Å². The van der Waals surface area contributed by atoms with Crippen molar-refractivity contribution in [1.29, 1.82) is 0 Å². The predicted octanol–water partition coefficient (Wildman–Crippen LogP) is -0.361.